The van der Waals surface area contributed by atoms with E-state index in [-0.39, 0.29) is 5.69 Å². The molecule has 1 fully saturated rings. The van der Waals surface area contributed by atoms with Crippen LogP contribution in [0.1, 0.15) is 43.6 Å². The van der Waals surface area contributed by atoms with Gasteiger partial charge >= 0.3 is 0 Å². The lowest BCUT2D eigenvalue weighted by atomic mass is 10.0. The van der Waals surface area contributed by atoms with Crippen molar-refractivity contribution in [3.05, 3.63) is 46.8 Å². The number of rotatable bonds is 5. The maximum absolute atomic E-state index is 14.1. The number of piperidine rings is 1. The van der Waals surface area contributed by atoms with E-state index in [4.69, 9.17) is 0 Å². The molecule has 1 aliphatic heterocycles. The molecule has 0 bridgehead atoms. The van der Waals surface area contributed by atoms with Crippen LogP contribution in [0.25, 0.3) is 5.69 Å². The topological polar surface area (TPSA) is 33.1 Å². The van der Waals surface area contributed by atoms with Gasteiger partial charge in [0.1, 0.15) is 11.5 Å². The highest BCUT2D eigenvalue weighted by molar-refractivity contribution is 5.38. The van der Waals surface area contributed by atoms with Gasteiger partial charge < -0.3 is 10.2 Å². The molecule has 2 aromatic rings. The number of nitrogens with zero attached hydrogens (tertiary/aromatic N) is 3. The minimum absolute atomic E-state index is 0.281. The SMILES string of the molecule is Cc1nn(-c2ccc(F)cc2F)c(C)c1CNC1CCN(C(C)C)CC1. The number of aromatic nitrogens is 2. The highest BCUT2D eigenvalue weighted by Crippen LogP contribution is 2.21. The van der Waals surface area contributed by atoms with Crippen molar-refractivity contribution < 1.29 is 8.78 Å². The zero-order valence-electron chi connectivity index (χ0n) is 16.0. The normalized spacial score (nSPS) is 16.6. The lowest BCUT2D eigenvalue weighted by Crippen LogP contribution is -2.44. The number of aryl methyl sites for hydroxylation is 1. The van der Waals surface area contributed by atoms with E-state index < -0.39 is 11.6 Å². The van der Waals surface area contributed by atoms with E-state index in [1.807, 2.05) is 13.8 Å². The lowest BCUT2D eigenvalue weighted by Gasteiger charge is -2.35. The molecule has 0 unspecified atom stereocenters. The molecule has 1 aliphatic rings. The second-order valence-corrected chi connectivity index (χ2v) is 7.44. The Kier molecular flexibility index (Phi) is 5.73. The Labute approximate surface area is 154 Å². The number of nitrogens with one attached hydrogen (secondary N) is 1. The van der Waals surface area contributed by atoms with E-state index in [2.05, 4.69) is 29.2 Å². The van der Waals surface area contributed by atoms with Crippen molar-refractivity contribution in [2.75, 3.05) is 13.1 Å². The monoisotopic (exact) mass is 362 g/mol. The first-order chi connectivity index (χ1) is 12.4. The molecule has 0 amide bonds. The molecule has 1 aromatic carbocycles. The quantitative estimate of drug-likeness (QED) is 0.880. The summed E-state index contributed by atoms with van der Waals surface area (Å²) in [6.07, 6.45) is 2.27. The Hall–Kier alpha value is -1.79. The standard InChI is InChI=1S/C20H28F2N4/c1-13(2)25-9-7-17(8-10-25)23-12-18-14(3)24-26(15(18)4)20-6-5-16(21)11-19(20)22/h5-6,11,13,17,23H,7-10,12H2,1-4H3. The van der Waals surface area contributed by atoms with Crippen molar-refractivity contribution in [2.45, 2.75) is 59.2 Å². The molecule has 0 atom stereocenters. The number of halogens is 2. The predicted molar refractivity (Wildman–Crippen MR) is 99.5 cm³/mol. The predicted octanol–water partition coefficient (Wildman–Crippen LogP) is 3.73. The van der Waals surface area contributed by atoms with Crippen molar-refractivity contribution in [3.63, 3.8) is 0 Å². The summed E-state index contributed by atoms with van der Waals surface area (Å²) in [4.78, 5) is 2.50. The van der Waals surface area contributed by atoms with Gasteiger partial charge in [-0.15, -0.1) is 0 Å². The lowest BCUT2D eigenvalue weighted by molar-refractivity contribution is 0.161. The van der Waals surface area contributed by atoms with Crippen LogP contribution in [0, 0.1) is 25.5 Å². The first kappa shape index (κ1) is 19.0. The van der Waals surface area contributed by atoms with E-state index in [0.717, 1.165) is 48.9 Å². The van der Waals surface area contributed by atoms with Crippen LogP contribution in [0.15, 0.2) is 18.2 Å². The van der Waals surface area contributed by atoms with Gasteiger partial charge in [-0.1, -0.05) is 0 Å². The molecule has 0 spiro atoms. The first-order valence-electron chi connectivity index (χ1n) is 9.34. The van der Waals surface area contributed by atoms with Crippen LogP contribution in [-0.2, 0) is 6.54 Å². The molecule has 1 saturated heterocycles. The second kappa shape index (κ2) is 7.84. The van der Waals surface area contributed by atoms with Gasteiger partial charge in [0.15, 0.2) is 5.82 Å². The van der Waals surface area contributed by atoms with Crippen LogP contribution < -0.4 is 5.32 Å². The maximum Gasteiger partial charge on any atom is 0.151 e. The zero-order chi connectivity index (χ0) is 18.8. The Balaban J connectivity index is 1.69. The number of benzene rings is 1. The summed E-state index contributed by atoms with van der Waals surface area (Å²) < 4.78 is 28.9. The molecular weight excluding hydrogens is 334 g/mol. The molecular formula is C20H28F2N4. The Morgan fingerprint density at radius 2 is 1.88 bits per heavy atom. The fraction of sp³-hybridized carbons (Fsp3) is 0.550. The molecule has 1 aromatic heterocycles. The molecule has 3 rings (SSSR count). The molecule has 0 saturated carbocycles. The van der Waals surface area contributed by atoms with Gasteiger partial charge in [-0.05, 0) is 65.8 Å². The zero-order valence-corrected chi connectivity index (χ0v) is 16.0. The van der Waals surface area contributed by atoms with Crippen LogP contribution in [0.5, 0.6) is 0 Å². The van der Waals surface area contributed by atoms with E-state index >= 15 is 0 Å². The fourth-order valence-corrected chi connectivity index (χ4v) is 3.68. The third kappa shape index (κ3) is 3.96. The van der Waals surface area contributed by atoms with Gasteiger partial charge in [0.25, 0.3) is 0 Å². The van der Waals surface area contributed by atoms with Gasteiger partial charge in [0.05, 0.1) is 5.69 Å². The summed E-state index contributed by atoms with van der Waals surface area (Å²) in [5, 5.41) is 8.11. The third-order valence-electron chi connectivity index (χ3n) is 5.41. The third-order valence-corrected chi connectivity index (χ3v) is 5.41. The average Bonchev–Trinajstić information content (AvgIpc) is 2.87. The van der Waals surface area contributed by atoms with E-state index in [0.29, 0.717) is 18.6 Å². The smallest absolute Gasteiger partial charge is 0.151 e. The van der Waals surface area contributed by atoms with Crippen LogP contribution in [-0.4, -0.2) is 39.9 Å². The summed E-state index contributed by atoms with van der Waals surface area (Å²) in [5.41, 5.74) is 3.13. The molecule has 2 heterocycles. The maximum atomic E-state index is 14.1. The highest BCUT2D eigenvalue weighted by Gasteiger charge is 2.22. The second-order valence-electron chi connectivity index (χ2n) is 7.44. The van der Waals surface area contributed by atoms with Crippen LogP contribution in [0.2, 0.25) is 0 Å². The molecule has 0 aliphatic carbocycles. The van der Waals surface area contributed by atoms with Crippen LogP contribution in [0.4, 0.5) is 8.78 Å². The largest absolute Gasteiger partial charge is 0.310 e. The van der Waals surface area contributed by atoms with E-state index in [9.17, 15) is 8.78 Å². The molecule has 26 heavy (non-hydrogen) atoms. The number of likely N-dealkylation sites (tertiary alicyclic amines) is 1. The van der Waals surface area contributed by atoms with Gasteiger partial charge in [-0.25, -0.2) is 13.5 Å². The van der Waals surface area contributed by atoms with Crippen molar-refractivity contribution in [1.82, 2.24) is 20.0 Å². The van der Waals surface area contributed by atoms with E-state index in [1.54, 1.807) is 4.68 Å². The molecule has 4 nitrogen and oxygen atoms in total. The van der Waals surface area contributed by atoms with Crippen molar-refractivity contribution >= 4 is 0 Å². The van der Waals surface area contributed by atoms with Gasteiger partial charge in [-0.2, -0.15) is 5.10 Å². The first-order valence-corrected chi connectivity index (χ1v) is 9.34. The summed E-state index contributed by atoms with van der Waals surface area (Å²) in [6.45, 7) is 11.3. The summed E-state index contributed by atoms with van der Waals surface area (Å²) in [5.74, 6) is -1.18. The Morgan fingerprint density at radius 3 is 2.50 bits per heavy atom. The summed E-state index contributed by atoms with van der Waals surface area (Å²) in [6, 6.07) is 4.68. The molecule has 142 valence electrons. The fourth-order valence-electron chi connectivity index (χ4n) is 3.68. The van der Waals surface area contributed by atoms with Crippen molar-refractivity contribution in [2.24, 2.45) is 0 Å². The summed E-state index contributed by atoms with van der Waals surface area (Å²) >= 11 is 0. The Morgan fingerprint density at radius 1 is 1.19 bits per heavy atom. The average molecular weight is 362 g/mol. The van der Waals surface area contributed by atoms with Gasteiger partial charge in [0, 0.05) is 36.0 Å². The minimum atomic E-state index is -0.601. The van der Waals surface area contributed by atoms with Crippen molar-refractivity contribution in [1.29, 1.82) is 0 Å². The van der Waals surface area contributed by atoms with Gasteiger partial charge in [-0.3, -0.25) is 0 Å². The Bertz CT molecular complexity index is 761. The van der Waals surface area contributed by atoms with E-state index in [1.165, 1.54) is 12.1 Å². The molecule has 1 N–H and O–H groups in total. The number of hydrogen-bond acceptors (Lipinski definition) is 3. The number of hydrogen-bond donors (Lipinski definition) is 1. The van der Waals surface area contributed by atoms with Gasteiger partial charge in [0.2, 0.25) is 0 Å². The molecule has 0 radical (unpaired) electrons. The minimum Gasteiger partial charge on any atom is -0.310 e. The molecule has 6 heteroatoms. The van der Waals surface area contributed by atoms with Crippen molar-refractivity contribution in [3.8, 4) is 5.69 Å². The summed E-state index contributed by atoms with van der Waals surface area (Å²) in [7, 11) is 0. The van der Waals surface area contributed by atoms with Crippen LogP contribution in [0.3, 0.4) is 0 Å². The van der Waals surface area contributed by atoms with Crippen LogP contribution >= 0.6 is 0 Å². The highest BCUT2D eigenvalue weighted by atomic mass is 19.1.